The number of aromatic hydroxyl groups is 1. The summed E-state index contributed by atoms with van der Waals surface area (Å²) in [7, 11) is 0. The third-order valence-corrected chi connectivity index (χ3v) is 7.82. The van der Waals surface area contributed by atoms with Crippen LogP contribution in [0.1, 0.15) is 42.9 Å². The Morgan fingerprint density at radius 1 is 1.23 bits per heavy atom. The smallest absolute Gasteiger partial charge is 0.321 e. The average Bonchev–Trinajstić information content (AvgIpc) is 3.42. The van der Waals surface area contributed by atoms with Gasteiger partial charge in [-0.2, -0.15) is 0 Å². The van der Waals surface area contributed by atoms with Crippen LogP contribution in [-0.2, 0) is 10.2 Å². The van der Waals surface area contributed by atoms with Crippen molar-refractivity contribution in [3.8, 4) is 11.5 Å². The van der Waals surface area contributed by atoms with Gasteiger partial charge in [0.05, 0.1) is 23.2 Å². The van der Waals surface area contributed by atoms with Crippen LogP contribution in [0, 0.1) is 5.92 Å². The number of aliphatic hydroxyl groups is 2. The van der Waals surface area contributed by atoms with Gasteiger partial charge in [0, 0.05) is 18.7 Å². The Hall–Kier alpha value is -2.36. The molecular formula is C21H25N3O6. The van der Waals surface area contributed by atoms with Gasteiger partial charge in [-0.3, -0.25) is 15.0 Å². The number of phenolic OH excluding ortho intramolecular Hbond substituents is 1. The molecular weight excluding hydrogens is 390 g/mol. The fraction of sp³-hybridized carbons (Fsp3) is 0.619. The molecule has 1 unspecified atom stereocenters. The lowest BCUT2D eigenvalue weighted by molar-refractivity contribution is -0.199. The average molecular weight is 415 g/mol. The van der Waals surface area contributed by atoms with Crippen molar-refractivity contribution >= 4 is 11.9 Å². The highest BCUT2D eigenvalue weighted by molar-refractivity contribution is 5.99. The van der Waals surface area contributed by atoms with Crippen LogP contribution in [0.15, 0.2) is 12.1 Å². The number of aliphatic hydroxyl groups excluding tert-OH is 1. The van der Waals surface area contributed by atoms with Gasteiger partial charge in [0.15, 0.2) is 17.6 Å². The molecule has 1 spiro atoms. The molecule has 9 nitrogen and oxygen atoms in total. The normalized spacial score (nSPS) is 39.7. The summed E-state index contributed by atoms with van der Waals surface area (Å²) in [6.45, 7) is 1.52. The molecule has 3 fully saturated rings. The first-order chi connectivity index (χ1) is 14.4. The quantitative estimate of drug-likeness (QED) is 0.455. The van der Waals surface area contributed by atoms with Crippen LogP contribution < -0.4 is 15.4 Å². The fourth-order valence-corrected chi connectivity index (χ4v) is 6.41. The van der Waals surface area contributed by atoms with Gasteiger partial charge >= 0.3 is 6.03 Å². The number of urea groups is 1. The summed E-state index contributed by atoms with van der Waals surface area (Å²) in [4.78, 5) is 27.4. The van der Waals surface area contributed by atoms with E-state index in [9.17, 15) is 24.9 Å². The minimum atomic E-state index is -1.52. The van der Waals surface area contributed by atoms with E-state index < -0.39 is 41.2 Å². The number of hydrogen-bond acceptors (Lipinski definition) is 7. The second-order valence-electron chi connectivity index (χ2n) is 9.34. The largest absolute Gasteiger partial charge is 0.504 e. The van der Waals surface area contributed by atoms with Crippen molar-refractivity contribution in [3.63, 3.8) is 0 Å². The molecule has 3 aliphatic heterocycles. The number of carbonyl (C=O) groups is 2. The van der Waals surface area contributed by atoms with Crippen LogP contribution in [0.5, 0.6) is 11.5 Å². The molecule has 6 rings (SSSR count). The van der Waals surface area contributed by atoms with E-state index in [1.807, 2.05) is 0 Å². The molecule has 9 heteroatoms. The molecule has 0 aromatic heterocycles. The Morgan fingerprint density at radius 3 is 2.80 bits per heavy atom. The molecule has 2 saturated heterocycles. The topological polar surface area (TPSA) is 131 Å². The molecule has 3 amide bonds. The molecule has 3 heterocycles. The van der Waals surface area contributed by atoms with Gasteiger partial charge in [0.1, 0.15) is 0 Å². The molecule has 1 aromatic rings. The van der Waals surface area contributed by atoms with Crippen molar-refractivity contribution in [2.24, 2.45) is 5.92 Å². The predicted octanol–water partition coefficient (Wildman–Crippen LogP) is -0.117. The minimum absolute atomic E-state index is 0.125. The van der Waals surface area contributed by atoms with Crippen molar-refractivity contribution in [2.45, 2.75) is 54.9 Å². The van der Waals surface area contributed by atoms with Crippen LogP contribution >= 0.6 is 0 Å². The van der Waals surface area contributed by atoms with Crippen LogP contribution in [0.3, 0.4) is 0 Å². The number of nitrogens with zero attached hydrogens (tertiary/aromatic N) is 1. The van der Waals surface area contributed by atoms with Crippen molar-refractivity contribution in [1.82, 2.24) is 15.5 Å². The molecule has 5 atom stereocenters. The lowest BCUT2D eigenvalue weighted by Gasteiger charge is -2.62. The van der Waals surface area contributed by atoms with E-state index in [0.29, 0.717) is 30.0 Å². The second kappa shape index (κ2) is 5.87. The van der Waals surface area contributed by atoms with Gasteiger partial charge < -0.3 is 25.4 Å². The molecule has 160 valence electrons. The zero-order valence-corrected chi connectivity index (χ0v) is 16.4. The number of hydrogen-bond donors (Lipinski definition) is 5. The van der Waals surface area contributed by atoms with Crippen LogP contribution in [0.25, 0.3) is 0 Å². The molecule has 0 radical (unpaired) electrons. The van der Waals surface area contributed by atoms with Gasteiger partial charge in [0.2, 0.25) is 0 Å². The summed E-state index contributed by atoms with van der Waals surface area (Å²) in [6, 6.07) is 1.83. The summed E-state index contributed by atoms with van der Waals surface area (Å²) >= 11 is 0. The highest BCUT2D eigenvalue weighted by Gasteiger charge is 2.73. The standard InChI is InChI=1S/C21H25N3O6/c25-12-4-3-11-13-15(12)30-17-18(27)23-19(28)22-7-5-21(29)16(14(11)26)24(9-10-1-2-10)8-6-20(13,17)21/h3-4,10,14,16-17,25-26,29H,1-2,5-9H2,(H2,22,23,27,28)/t14-,16-,17?,20+,21-/m1/s1. The lowest BCUT2D eigenvalue weighted by Crippen LogP contribution is -2.76. The monoisotopic (exact) mass is 415 g/mol. The van der Waals surface area contributed by atoms with E-state index in [2.05, 4.69) is 15.5 Å². The van der Waals surface area contributed by atoms with Crippen LogP contribution in [-0.4, -0.2) is 69.5 Å². The SMILES string of the molecule is O=C1NCC[C@@]2(O)[C@H]3[C@H](O)c4ccc(O)c5c4[C@@]2(CCN3CC2CC2)C(O5)C(=O)N1. The van der Waals surface area contributed by atoms with Gasteiger partial charge in [0.25, 0.3) is 5.91 Å². The Kier molecular flexibility index (Phi) is 3.60. The number of phenols is 1. The number of likely N-dealkylation sites (tertiary alicyclic amines) is 1. The summed E-state index contributed by atoms with van der Waals surface area (Å²) in [5.74, 6) is -0.111. The van der Waals surface area contributed by atoms with Gasteiger partial charge in [-0.05, 0) is 49.8 Å². The van der Waals surface area contributed by atoms with E-state index in [0.717, 1.165) is 19.4 Å². The third kappa shape index (κ3) is 2.12. The highest BCUT2D eigenvalue weighted by atomic mass is 16.5. The number of rotatable bonds is 2. The summed E-state index contributed by atoms with van der Waals surface area (Å²) in [5, 5.41) is 39.2. The van der Waals surface area contributed by atoms with Crippen LogP contribution in [0.2, 0.25) is 0 Å². The van der Waals surface area contributed by atoms with E-state index in [1.54, 1.807) is 6.07 Å². The zero-order valence-electron chi connectivity index (χ0n) is 16.4. The number of ether oxygens (including phenoxy) is 1. The molecule has 5 aliphatic rings. The molecule has 2 aliphatic carbocycles. The maximum atomic E-state index is 13.1. The van der Waals surface area contributed by atoms with Gasteiger partial charge in [-0.15, -0.1) is 0 Å². The van der Waals surface area contributed by atoms with Crippen molar-refractivity contribution in [3.05, 3.63) is 23.3 Å². The van der Waals surface area contributed by atoms with Gasteiger partial charge in [-0.25, -0.2) is 4.79 Å². The van der Waals surface area contributed by atoms with Crippen molar-refractivity contribution in [1.29, 1.82) is 0 Å². The highest BCUT2D eigenvalue weighted by Crippen LogP contribution is 2.65. The van der Waals surface area contributed by atoms with Crippen LogP contribution in [0.4, 0.5) is 4.79 Å². The van der Waals surface area contributed by atoms with E-state index in [4.69, 9.17) is 4.74 Å². The summed E-state index contributed by atoms with van der Waals surface area (Å²) in [6.07, 6.45) is 0.689. The number of benzene rings is 1. The van der Waals surface area contributed by atoms with E-state index >= 15 is 0 Å². The first-order valence-corrected chi connectivity index (χ1v) is 10.6. The fourth-order valence-electron chi connectivity index (χ4n) is 6.41. The Bertz CT molecular complexity index is 964. The lowest BCUT2D eigenvalue weighted by atomic mass is 9.51. The van der Waals surface area contributed by atoms with E-state index in [-0.39, 0.29) is 24.5 Å². The summed E-state index contributed by atoms with van der Waals surface area (Å²) < 4.78 is 5.97. The Labute approximate surface area is 173 Å². The van der Waals surface area contributed by atoms with Crippen molar-refractivity contribution < 1.29 is 29.6 Å². The second-order valence-corrected chi connectivity index (χ2v) is 9.34. The summed E-state index contributed by atoms with van der Waals surface area (Å²) in [5.41, 5.74) is -1.59. The Balaban J connectivity index is 1.61. The Morgan fingerprint density at radius 2 is 2.03 bits per heavy atom. The molecule has 1 saturated carbocycles. The molecule has 30 heavy (non-hydrogen) atoms. The predicted molar refractivity (Wildman–Crippen MR) is 103 cm³/mol. The molecule has 5 N–H and O–H groups in total. The first-order valence-electron chi connectivity index (χ1n) is 10.6. The van der Waals surface area contributed by atoms with E-state index in [1.165, 1.54) is 6.07 Å². The number of amides is 3. The molecule has 1 aromatic carbocycles. The number of carbonyl (C=O) groups excluding carboxylic acids is 2. The number of nitrogens with one attached hydrogen (secondary N) is 2. The third-order valence-electron chi connectivity index (χ3n) is 7.82. The maximum absolute atomic E-state index is 13.1. The molecule has 2 bridgehead atoms. The minimum Gasteiger partial charge on any atom is -0.504 e. The van der Waals surface area contributed by atoms with Gasteiger partial charge in [-0.1, -0.05) is 6.07 Å². The number of piperidine rings is 1. The first kappa shape index (κ1) is 18.4. The maximum Gasteiger partial charge on any atom is 0.321 e. The van der Waals surface area contributed by atoms with Crippen molar-refractivity contribution in [2.75, 3.05) is 19.6 Å². The zero-order chi connectivity index (χ0) is 20.8. The number of imide groups is 1.